The summed E-state index contributed by atoms with van der Waals surface area (Å²) in [4.78, 5) is 12.3. The molecule has 2 aromatic rings. The fraction of sp³-hybridized carbons (Fsp3) is 0.235. The lowest BCUT2D eigenvalue weighted by molar-refractivity contribution is 0.0468. The molecule has 2 aromatic carbocycles. The Kier molecular flexibility index (Phi) is 4.80. The highest BCUT2D eigenvalue weighted by atomic mass is 79.9. The summed E-state index contributed by atoms with van der Waals surface area (Å²) >= 11 is 3.44. The molecule has 0 saturated carbocycles. The Morgan fingerprint density at radius 3 is 2.58 bits per heavy atom. The van der Waals surface area contributed by atoms with E-state index in [1.54, 1.807) is 37.4 Å². The standard InChI is InChI=1S/C17H15BrO6/c1-20-11-3-4-12(14(6-11)21-2)17(19)22-8-10-5-15-16(7-13(10)18)24-9-23-15/h3-7H,8-9H2,1-2H3. The van der Waals surface area contributed by atoms with Gasteiger partial charge in [-0.15, -0.1) is 0 Å². The van der Waals surface area contributed by atoms with E-state index in [-0.39, 0.29) is 13.4 Å². The van der Waals surface area contributed by atoms with Crippen molar-refractivity contribution in [1.82, 2.24) is 0 Å². The predicted molar refractivity (Wildman–Crippen MR) is 88.9 cm³/mol. The first-order valence-electron chi connectivity index (χ1n) is 7.09. The number of fused-ring (bicyclic) bond motifs is 1. The number of rotatable bonds is 5. The lowest BCUT2D eigenvalue weighted by Gasteiger charge is -2.11. The van der Waals surface area contributed by atoms with Gasteiger partial charge in [-0.1, -0.05) is 15.9 Å². The molecule has 6 nitrogen and oxygen atoms in total. The molecule has 1 aliphatic heterocycles. The molecule has 3 rings (SSSR count). The normalized spacial score (nSPS) is 12.0. The first kappa shape index (κ1) is 16.4. The Hall–Kier alpha value is -2.41. The molecule has 0 bridgehead atoms. The average molecular weight is 395 g/mol. The fourth-order valence-corrected chi connectivity index (χ4v) is 2.69. The van der Waals surface area contributed by atoms with Crippen molar-refractivity contribution in [1.29, 1.82) is 0 Å². The summed E-state index contributed by atoms with van der Waals surface area (Å²) in [5.41, 5.74) is 1.11. The predicted octanol–water partition coefficient (Wildman–Crippen LogP) is 3.55. The molecule has 24 heavy (non-hydrogen) atoms. The quantitative estimate of drug-likeness (QED) is 0.722. The van der Waals surface area contributed by atoms with Crippen LogP contribution in [0.2, 0.25) is 0 Å². The van der Waals surface area contributed by atoms with Crippen LogP contribution >= 0.6 is 15.9 Å². The summed E-state index contributed by atoms with van der Waals surface area (Å²) in [5.74, 6) is 1.80. The van der Waals surface area contributed by atoms with Crippen LogP contribution < -0.4 is 18.9 Å². The van der Waals surface area contributed by atoms with Gasteiger partial charge in [0.2, 0.25) is 6.79 Å². The summed E-state index contributed by atoms with van der Waals surface area (Å²) in [6.07, 6.45) is 0. The van der Waals surface area contributed by atoms with E-state index in [0.717, 1.165) is 10.0 Å². The van der Waals surface area contributed by atoms with Gasteiger partial charge in [0.1, 0.15) is 23.7 Å². The van der Waals surface area contributed by atoms with E-state index in [1.807, 2.05) is 0 Å². The Labute approximate surface area is 147 Å². The van der Waals surface area contributed by atoms with Gasteiger partial charge in [0.25, 0.3) is 0 Å². The zero-order valence-corrected chi connectivity index (χ0v) is 14.7. The molecule has 0 aromatic heterocycles. The molecule has 0 atom stereocenters. The van der Waals surface area contributed by atoms with Gasteiger partial charge in [0, 0.05) is 16.1 Å². The van der Waals surface area contributed by atoms with Crippen LogP contribution in [0.25, 0.3) is 0 Å². The van der Waals surface area contributed by atoms with Gasteiger partial charge in [-0.25, -0.2) is 4.79 Å². The molecule has 0 amide bonds. The second-order valence-electron chi connectivity index (χ2n) is 4.94. The number of ether oxygens (including phenoxy) is 5. The summed E-state index contributed by atoms with van der Waals surface area (Å²) in [6, 6.07) is 8.49. The van der Waals surface area contributed by atoms with E-state index in [2.05, 4.69) is 15.9 Å². The van der Waals surface area contributed by atoms with Crippen molar-refractivity contribution in [2.45, 2.75) is 6.61 Å². The number of benzene rings is 2. The zero-order chi connectivity index (χ0) is 17.1. The van der Waals surface area contributed by atoms with E-state index in [1.165, 1.54) is 7.11 Å². The molecule has 126 valence electrons. The number of esters is 1. The van der Waals surface area contributed by atoms with Crippen molar-refractivity contribution in [3.05, 3.63) is 45.9 Å². The maximum Gasteiger partial charge on any atom is 0.342 e. The van der Waals surface area contributed by atoms with Crippen molar-refractivity contribution in [3.63, 3.8) is 0 Å². The smallest absolute Gasteiger partial charge is 0.342 e. The highest BCUT2D eigenvalue weighted by molar-refractivity contribution is 9.10. The van der Waals surface area contributed by atoms with E-state index >= 15 is 0 Å². The van der Waals surface area contributed by atoms with Gasteiger partial charge in [0.15, 0.2) is 11.5 Å². The molecule has 0 aliphatic carbocycles. The van der Waals surface area contributed by atoms with Crippen LogP contribution in [0.15, 0.2) is 34.8 Å². The average Bonchev–Trinajstić information content (AvgIpc) is 3.05. The van der Waals surface area contributed by atoms with Crippen molar-refractivity contribution in [2.75, 3.05) is 21.0 Å². The zero-order valence-electron chi connectivity index (χ0n) is 13.1. The molecule has 7 heteroatoms. The number of methoxy groups -OCH3 is 2. The Morgan fingerprint density at radius 1 is 1.12 bits per heavy atom. The van der Waals surface area contributed by atoms with E-state index in [4.69, 9.17) is 23.7 Å². The van der Waals surface area contributed by atoms with E-state index in [0.29, 0.717) is 28.6 Å². The van der Waals surface area contributed by atoms with Crippen molar-refractivity contribution < 1.29 is 28.5 Å². The number of carbonyl (C=O) groups is 1. The number of hydrogen-bond donors (Lipinski definition) is 0. The summed E-state index contributed by atoms with van der Waals surface area (Å²) < 4.78 is 27.1. The van der Waals surface area contributed by atoms with Crippen LogP contribution in [-0.2, 0) is 11.3 Å². The molecular formula is C17H15BrO6. The van der Waals surface area contributed by atoms with Crippen LogP contribution in [0, 0.1) is 0 Å². The maximum atomic E-state index is 12.3. The van der Waals surface area contributed by atoms with Crippen LogP contribution in [0.1, 0.15) is 15.9 Å². The number of halogens is 1. The van der Waals surface area contributed by atoms with E-state index < -0.39 is 5.97 Å². The molecule has 0 radical (unpaired) electrons. The van der Waals surface area contributed by atoms with Gasteiger partial charge >= 0.3 is 5.97 Å². The molecule has 0 unspecified atom stereocenters. The molecule has 0 N–H and O–H groups in total. The van der Waals surface area contributed by atoms with Crippen molar-refractivity contribution >= 4 is 21.9 Å². The highest BCUT2D eigenvalue weighted by Gasteiger charge is 2.19. The Balaban J connectivity index is 1.74. The molecule has 0 spiro atoms. The van der Waals surface area contributed by atoms with Gasteiger partial charge in [-0.2, -0.15) is 0 Å². The van der Waals surface area contributed by atoms with Gasteiger partial charge in [-0.05, 0) is 24.3 Å². The second kappa shape index (κ2) is 7.00. The summed E-state index contributed by atoms with van der Waals surface area (Å²) in [7, 11) is 3.03. The van der Waals surface area contributed by atoms with Crippen molar-refractivity contribution in [3.8, 4) is 23.0 Å². The number of hydrogen-bond acceptors (Lipinski definition) is 6. The topological polar surface area (TPSA) is 63.2 Å². The first-order valence-corrected chi connectivity index (χ1v) is 7.89. The van der Waals surface area contributed by atoms with Gasteiger partial charge < -0.3 is 23.7 Å². The van der Waals surface area contributed by atoms with Crippen LogP contribution in [0.3, 0.4) is 0 Å². The van der Waals surface area contributed by atoms with E-state index in [9.17, 15) is 4.79 Å². The van der Waals surface area contributed by atoms with Gasteiger partial charge in [-0.3, -0.25) is 0 Å². The monoisotopic (exact) mass is 394 g/mol. The van der Waals surface area contributed by atoms with Crippen molar-refractivity contribution in [2.24, 2.45) is 0 Å². The minimum atomic E-state index is -0.487. The fourth-order valence-electron chi connectivity index (χ4n) is 2.26. The maximum absolute atomic E-state index is 12.3. The third-order valence-electron chi connectivity index (χ3n) is 3.53. The summed E-state index contributed by atoms with van der Waals surface area (Å²) in [6.45, 7) is 0.277. The largest absolute Gasteiger partial charge is 0.497 e. The second-order valence-corrected chi connectivity index (χ2v) is 5.79. The number of carbonyl (C=O) groups excluding carboxylic acids is 1. The third-order valence-corrected chi connectivity index (χ3v) is 4.27. The third kappa shape index (κ3) is 3.26. The van der Waals surface area contributed by atoms with Crippen LogP contribution in [-0.4, -0.2) is 27.0 Å². The Bertz CT molecular complexity index is 774. The SMILES string of the molecule is COc1ccc(C(=O)OCc2cc3c(cc2Br)OCO3)c(OC)c1. The molecule has 1 aliphatic rings. The molecular weight excluding hydrogens is 380 g/mol. The molecule has 0 saturated heterocycles. The lowest BCUT2D eigenvalue weighted by Crippen LogP contribution is -2.07. The first-order chi connectivity index (χ1) is 11.6. The summed E-state index contributed by atoms with van der Waals surface area (Å²) in [5, 5.41) is 0. The van der Waals surface area contributed by atoms with Gasteiger partial charge in [0.05, 0.1) is 14.2 Å². The lowest BCUT2D eigenvalue weighted by atomic mass is 10.2. The highest BCUT2D eigenvalue weighted by Crippen LogP contribution is 2.37. The minimum absolute atomic E-state index is 0.0885. The Morgan fingerprint density at radius 2 is 1.88 bits per heavy atom. The molecule has 0 fully saturated rings. The van der Waals surface area contributed by atoms with Crippen LogP contribution in [0.4, 0.5) is 0 Å². The van der Waals surface area contributed by atoms with Crippen LogP contribution in [0.5, 0.6) is 23.0 Å². The molecule has 1 heterocycles. The minimum Gasteiger partial charge on any atom is -0.497 e.